The van der Waals surface area contributed by atoms with Gasteiger partial charge in [-0.15, -0.1) is 0 Å². The van der Waals surface area contributed by atoms with Gasteiger partial charge in [-0.05, 0) is 57.7 Å². The van der Waals surface area contributed by atoms with E-state index in [4.69, 9.17) is 4.74 Å². The maximum Gasteiger partial charge on any atom is 0.408 e. The van der Waals surface area contributed by atoms with E-state index in [9.17, 15) is 9.59 Å². The van der Waals surface area contributed by atoms with Crippen LogP contribution in [0.15, 0.2) is 54.6 Å². The van der Waals surface area contributed by atoms with Gasteiger partial charge in [-0.3, -0.25) is 4.79 Å². The van der Waals surface area contributed by atoms with Crippen molar-refractivity contribution < 1.29 is 18.9 Å². The van der Waals surface area contributed by atoms with Crippen LogP contribution in [-0.4, -0.2) is 40.2 Å². The van der Waals surface area contributed by atoms with E-state index >= 15 is 0 Å². The lowest BCUT2D eigenvalue weighted by Crippen LogP contribution is -2.43. The topological polar surface area (TPSA) is 67.5 Å². The van der Waals surface area contributed by atoms with E-state index in [0.717, 1.165) is 48.4 Å². The normalized spacial score (nSPS) is 14.3. The molecule has 7 nitrogen and oxygen atoms in total. The van der Waals surface area contributed by atoms with Crippen molar-refractivity contribution in [2.75, 3.05) is 13.1 Å². The van der Waals surface area contributed by atoms with E-state index < -0.39 is 11.7 Å². The smallest absolute Gasteiger partial charge is 0.408 e. The fourth-order valence-electron chi connectivity index (χ4n) is 4.50. The Morgan fingerprint density at radius 1 is 0.971 bits per heavy atom. The standard InChI is InChI=1S/C27H34N4O3/c1-27(2,3)34-26(33)28-18-24-30(19-21-12-6-4-7-13-21)22-14-8-9-15-23(22)31(24)20-25(32)29-16-10-5-11-17-29/h4,6-9,12-15H,5,10-11,16-20H2,1-3H3/p+1. The zero-order valence-electron chi connectivity index (χ0n) is 20.4. The number of alkyl carbamates (subject to hydrolysis) is 1. The molecule has 34 heavy (non-hydrogen) atoms. The minimum absolute atomic E-state index is 0.117. The Bertz CT molecular complexity index is 1140. The molecule has 1 aliphatic heterocycles. The molecule has 1 fully saturated rings. The largest absolute Gasteiger partial charge is 0.444 e. The van der Waals surface area contributed by atoms with Crippen molar-refractivity contribution >= 4 is 23.0 Å². The highest BCUT2D eigenvalue weighted by molar-refractivity contribution is 5.80. The van der Waals surface area contributed by atoms with E-state index in [1.807, 2.05) is 66.6 Å². The number of likely N-dealkylation sites (tertiary alicyclic amines) is 1. The van der Waals surface area contributed by atoms with Crippen molar-refractivity contribution in [1.82, 2.24) is 14.8 Å². The van der Waals surface area contributed by atoms with Crippen LogP contribution in [0.4, 0.5) is 4.79 Å². The van der Waals surface area contributed by atoms with Crippen molar-refractivity contribution in [2.24, 2.45) is 0 Å². The lowest BCUT2D eigenvalue weighted by Gasteiger charge is -2.26. The van der Waals surface area contributed by atoms with Crippen LogP contribution in [0.25, 0.3) is 11.0 Å². The number of carbonyl (C=O) groups excluding carboxylic acids is 2. The molecule has 0 unspecified atom stereocenters. The fourth-order valence-corrected chi connectivity index (χ4v) is 4.50. The second-order valence-electron chi connectivity index (χ2n) is 9.86. The highest BCUT2D eigenvalue weighted by atomic mass is 16.6. The number of hydrogen-bond acceptors (Lipinski definition) is 3. The van der Waals surface area contributed by atoms with Gasteiger partial charge in [-0.25, -0.2) is 13.9 Å². The first-order valence-electron chi connectivity index (χ1n) is 12.1. The quantitative estimate of drug-likeness (QED) is 0.562. The number of ether oxygens (including phenoxy) is 1. The Balaban J connectivity index is 1.71. The average Bonchev–Trinajstić information content (AvgIpc) is 3.10. The lowest BCUT2D eigenvalue weighted by atomic mass is 10.1. The van der Waals surface area contributed by atoms with Crippen LogP contribution in [0.5, 0.6) is 0 Å². The summed E-state index contributed by atoms with van der Waals surface area (Å²) in [5.74, 6) is 0.979. The summed E-state index contributed by atoms with van der Waals surface area (Å²) in [6.07, 6.45) is 2.81. The predicted octanol–water partition coefficient (Wildman–Crippen LogP) is 4.01. The maximum absolute atomic E-state index is 13.2. The summed E-state index contributed by atoms with van der Waals surface area (Å²) in [5, 5.41) is 2.91. The molecule has 2 heterocycles. The van der Waals surface area contributed by atoms with Gasteiger partial charge in [0.05, 0.1) is 0 Å². The maximum atomic E-state index is 13.2. The van der Waals surface area contributed by atoms with Gasteiger partial charge in [0.15, 0.2) is 17.6 Å². The number of imidazole rings is 1. The molecule has 0 aliphatic carbocycles. The molecule has 1 aliphatic rings. The van der Waals surface area contributed by atoms with E-state index in [-0.39, 0.29) is 19.0 Å². The third kappa shape index (κ3) is 5.76. The van der Waals surface area contributed by atoms with Gasteiger partial charge in [0.1, 0.15) is 18.7 Å². The van der Waals surface area contributed by atoms with Gasteiger partial charge in [0.2, 0.25) is 0 Å². The van der Waals surface area contributed by atoms with E-state index in [2.05, 4.69) is 28.1 Å². The molecule has 0 radical (unpaired) electrons. The minimum Gasteiger partial charge on any atom is -0.444 e. The Hall–Kier alpha value is -3.35. The Morgan fingerprint density at radius 3 is 2.35 bits per heavy atom. The molecule has 0 atom stereocenters. The molecular formula is C27H35N4O3+. The van der Waals surface area contributed by atoms with Gasteiger partial charge in [-0.2, -0.15) is 0 Å². The van der Waals surface area contributed by atoms with Crippen LogP contribution in [0, 0.1) is 0 Å². The summed E-state index contributed by atoms with van der Waals surface area (Å²) < 4.78 is 9.70. The van der Waals surface area contributed by atoms with Gasteiger partial charge < -0.3 is 15.0 Å². The molecule has 2 aromatic carbocycles. The average molecular weight is 464 g/mol. The van der Waals surface area contributed by atoms with Crippen LogP contribution in [0.2, 0.25) is 0 Å². The second-order valence-corrected chi connectivity index (χ2v) is 9.86. The Kier molecular flexibility index (Phi) is 7.20. The number of nitrogens with zero attached hydrogens (tertiary/aromatic N) is 3. The zero-order valence-corrected chi connectivity index (χ0v) is 20.4. The molecule has 1 aromatic heterocycles. The van der Waals surface area contributed by atoms with Gasteiger partial charge in [-0.1, -0.05) is 42.5 Å². The third-order valence-corrected chi connectivity index (χ3v) is 6.06. The highest BCUT2D eigenvalue weighted by Gasteiger charge is 2.29. The van der Waals surface area contributed by atoms with Gasteiger partial charge in [0, 0.05) is 13.1 Å². The SMILES string of the molecule is CC(C)(C)OC(=O)NCc1n(CC(=O)N2CCCCC2)c2ccccc2[n+]1Cc1ccccc1. The fraction of sp³-hybridized carbons (Fsp3) is 0.444. The molecule has 7 heteroatoms. The molecule has 2 amide bonds. The van der Waals surface area contributed by atoms with Crippen molar-refractivity contribution in [3.05, 3.63) is 66.0 Å². The van der Waals surface area contributed by atoms with Crippen LogP contribution >= 0.6 is 0 Å². The van der Waals surface area contributed by atoms with Crippen molar-refractivity contribution in [1.29, 1.82) is 0 Å². The number of carbonyl (C=O) groups is 2. The van der Waals surface area contributed by atoms with Crippen LogP contribution in [0.1, 0.15) is 51.4 Å². The number of fused-ring (bicyclic) bond motifs is 1. The summed E-state index contributed by atoms with van der Waals surface area (Å²) in [4.78, 5) is 27.7. The van der Waals surface area contributed by atoms with Crippen molar-refractivity contribution in [3.63, 3.8) is 0 Å². The van der Waals surface area contributed by atoms with E-state index in [1.165, 1.54) is 6.42 Å². The van der Waals surface area contributed by atoms with E-state index in [1.54, 1.807) is 0 Å². The van der Waals surface area contributed by atoms with Gasteiger partial charge in [0.25, 0.3) is 11.7 Å². The second kappa shape index (κ2) is 10.3. The first-order valence-corrected chi connectivity index (χ1v) is 12.1. The predicted molar refractivity (Wildman–Crippen MR) is 131 cm³/mol. The summed E-state index contributed by atoms with van der Waals surface area (Å²) >= 11 is 0. The first kappa shape index (κ1) is 23.8. The number of piperidine rings is 1. The molecular weight excluding hydrogens is 428 g/mol. The number of aromatic nitrogens is 2. The van der Waals surface area contributed by atoms with Crippen LogP contribution in [0.3, 0.4) is 0 Å². The number of para-hydroxylation sites is 2. The molecule has 0 bridgehead atoms. The van der Waals surface area contributed by atoms with Crippen LogP contribution in [-0.2, 0) is 29.2 Å². The summed E-state index contributed by atoms with van der Waals surface area (Å²) in [6.45, 7) is 8.29. The molecule has 180 valence electrons. The number of benzene rings is 2. The molecule has 3 aromatic rings. The summed E-state index contributed by atoms with van der Waals surface area (Å²) in [7, 11) is 0. The monoisotopic (exact) mass is 463 g/mol. The van der Waals surface area contributed by atoms with Crippen LogP contribution < -0.4 is 9.88 Å². The highest BCUT2D eigenvalue weighted by Crippen LogP contribution is 2.18. The number of rotatable bonds is 6. The van der Waals surface area contributed by atoms with Gasteiger partial charge >= 0.3 is 6.09 Å². The summed E-state index contributed by atoms with van der Waals surface area (Å²) in [6, 6.07) is 18.3. The molecule has 0 saturated carbocycles. The molecule has 0 spiro atoms. The molecule has 4 rings (SSSR count). The first-order chi connectivity index (χ1) is 16.3. The zero-order chi connectivity index (χ0) is 24.1. The van der Waals surface area contributed by atoms with E-state index in [0.29, 0.717) is 6.54 Å². The van der Waals surface area contributed by atoms with Crippen molar-refractivity contribution in [2.45, 2.75) is 65.3 Å². The lowest BCUT2D eigenvalue weighted by molar-refractivity contribution is -0.671. The number of hydrogen-bond donors (Lipinski definition) is 1. The third-order valence-electron chi connectivity index (χ3n) is 6.06. The molecule has 1 saturated heterocycles. The number of nitrogens with one attached hydrogen (secondary N) is 1. The number of amides is 2. The summed E-state index contributed by atoms with van der Waals surface area (Å²) in [5.41, 5.74) is 2.57. The Labute approximate surface area is 201 Å². The Morgan fingerprint density at radius 2 is 1.65 bits per heavy atom. The molecule has 1 N–H and O–H groups in total. The minimum atomic E-state index is -0.582. The van der Waals surface area contributed by atoms with Crippen molar-refractivity contribution in [3.8, 4) is 0 Å².